The first kappa shape index (κ1) is 11.4. The zero-order valence-corrected chi connectivity index (χ0v) is 11.2. The first-order chi connectivity index (χ1) is 8.81. The van der Waals surface area contributed by atoms with Gasteiger partial charge in [0.05, 0.1) is 21.2 Å². The molecule has 90 valence electrons. The maximum absolute atomic E-state index is 11.7. The zero-order valence-electron chi connectivity index (χ0n) is 9.53. The van der Waals surface area contributed by atoms with Gasteiger partial charge in [-0.05, 0) is 5.56 Å². The van der Waals surface area contributed by atoms with Crippen molar-refractivity contribution in [1.82, 2.24) is 9.15 Å². The van der Waals surface area contributed by atoms with Gasteiger partial charge in [-0.15, -0.1) is 11.3 Å². The molecule has 0 aliphatic rings. The van der Waals surface area contributed by atoms with Crippen LogP contribution in [-0.4, -0.2) is 22.2 Å². The number of ether oxygens (including phenoxy) is 1. The Hall–Kier alpha value is -1.71. The number of esters is 1. The van der Waals surface area contributed by atoms with Gasteiger partial charge >= 0.3 is 5.97 Å². The molecule has 0 amide bonds. The minimum Gasteiger partial charge on any atom is -0.464 e. The van der Waals surface area contributed by atoms with Crippen molar-refractivity contribution in [3.63, 3.8) is 0 Å². The average molecular weight is 276 g/mol. The number of nitrogens with zero attached hydrogens (tertiary/aromatic N) is 2. The van der Waals surface area contributed by atoms with Gasteiger partial charge in [-0.2, -0.15) is 4.75 Å². The van der Waals surface area contributed by atoms with Gasteiger partial charge in [-0.3, -0.25) is 4.40 Å². The molecular formula is C12H9N2O2PS. The second-order valence-electron chi connectivity index (χ2n) is 3.62. The lowest BCUT2D eigenvalue weighted by atomic mass is 10.2. The molecule has 0 N–H and O–H groups in total. The van der Waals surface area contributed by atoms with Gasteiger partial charge in [-0.1, -0.05) is 30.3 Å². The lowest BCUT2D eigenvalue weighted by Crippen LogP contribution is -2.03. The second-order valence-corrected chi connectivity index (χ2v) is 5.28. The summed E-state index contributed by atoms with van der Waals surface area (Å²) in [6, 6.07) is 9.94. The highest BCUT2D eigenvalue weighted by Crippen LogP contribution is 2.30. The van der Waals surface area contributed by atoms with E-state index in [1.54, 1.807) is 0 Å². The summed E-state index contributed by atoms with van der Waals surface area (Å²) in [7, 11) is 2.03. The van der Waals surface area contributed by atoms with Crippen LogP contribution in [0.2, 0.25) is 0 Å². The van der Waals surface area contributed by atoms with Crippen LogP contribution in [0.5, 0.6) is 0 Å². The topological polar surface area (TPSA) is 43.6 Å². The highest BCUT2D eigenvalue weighted by atomic mass is 32.1. The van der Waals surface area contributed by atoms with Crippen LogP contribution < -0.4 is 0 Å². The third-order valence-electron chi connectivity index (χ3n) is 2.59. The Kier molecular flexibility index (Phi) is 2.86. The molecule has 0 saturated carbocycles. The third-order valence-corrected chi connectivity index (χ3v) is 4.41. The van der Waals surface area contributed by atoms with E-state index in [1.807, 2.05) is 40.1 Å². The molecule has 1 aromatic carbocycles. The SMILES string of the molecule is COC(=O)c1pnc2scc(-c3ccccc3)n12. The minimum atomic E-state index is -0.334. The quantitative estimate of drug-likeness (QED) is 0.673. The van der Waals surface area contributed by atoms with Crippen LogP contribution in [0, 0.1) is 0 Å². The maximum atomic E-state index is 11.7. The molecule has 18 heavy (non-hydrogen) atoms. The summed E-state index contributed by atoms with van der Waals surface area (Å²) in [5.41, 5.74) is 2.59. The van der Waals surface area contributed by atoms with Crippen molar-refractivity contribution in [2.75, 3.05) is 7.11 Å². The number of benzene rings is 1. The molecule has 0 aliphatic heterocycles. The van der Waals surface area contributed by atoms with Crippen molar-refractivity contribution in [2.24, 2.45) is 0 Å². The Morgan fingerprint density at radius 2 is 2.17 bits per heavy atom. The van der Waals surface area contributed by atoms with E-state index in [4.69, 9.17) is 4.74 Å². The summed E-state index contributed by atoms with van der Waals surface area (Å²) in [4.78, 5) is 12.5. The number of aromatic nitrogens is 2. The van der Waals surface area contributed by atoms with E-state index >= 15 is 0 Å². The Bertz CT molecular complexity index is 705. The van der Waals surface area contributed by atoms with Crippen LogP contribution in [0.3, 0.4) is 0 Å². The standard InChI is InChI=1S/C12H9N2O2PS/c1-16-11(15)10-14-9(7-18-12(14)13-17-10)8-5-3-2-4-6-8/h2-7H,1H3. The first-order valence-corrected chi connectivity index (χ1v) is 7.00. The first-order valence-electron chi connectivity index (χ1n) is 5.27. The summed E-state index contributed by atoms with van der Waals surface area (Å²) >= 11 is 1.53. The normalized spacial score (nSPS) is 11.2. The summed E-state index contributed by atoms with van der Waals surface area (Å²) in [6.07, 6.45) is 0. The van der Waals surface area contributed by atoms with Crippen LogP contribution >= 0.6 is 19.7 Å². The maximum Gasteiger partial charge on any atom is 0.361 e. The molecule has 0 atom stereocenters. The summed E-state index contributed by atoms with van der Waals surface area (Å²) in [5.74, 6) is -0.334. The lowest BCUT2D eigenvalue weighted by Gasteiger charge is -2.02. The highest BCUT2D eigenvalue weighted by molar-refractivity contribution is 7.29. The molecule has 0 saturated heterocycles. The van der Waals surface area contributed by atoms with Crippen molar-refractivity contribution in [2.45, 2.75) is 0 Å². The van der Waals surface area contributed by atoms with Gasteiger partial charge in [-0.25, -0.2) is 4.79 Å². The van der Waals surface area contributed by atoms with Crippen molar-refractivity contribution in [3.8, 4) is 11.3 Å². The fourth-order valence-electron chi connectivity index (χ4n) is 1.75. The number of thiazole rings is 1. The van der Waals surface area contributed by atoms with E-state index in [1.165, 1.54) is 18.4 Å². The number of fused-ring (bicyclic) bond motifs is 1. The van der Waals surface area contributed by atoms with E-state index in [-0.39, 0.29) is 5.97 Å². The lowest BCUT2D eigenvalue weighted by molar-refractivity contribution is 0.0599. The molecular weight excluding hydrogens is 267 g/mol. The fourth-order valence-corrected chi connectivity index (χ4v) is 3.62. The Morgan fingerprint density at radius 3 is 2.89 bits per heavy atom. The third kappa shape index (κ3) is 1.72. The van der Waals surface area contributed by atoms with Crippen molar-refractivity contribution >= 4 is 30.6 Å². The highest BCUT2D eigenvalue weighted by Gasteiger charge is 2.18. The molecule has 0 spiro atoms. The summed E-state index contributed by atoms with van der Waals surface area (Å²) in [6.45, 7) is 0. The fraction of sp³-hybridized carbons (Fsp3) is 0.0833. The molecule has 2 aromatic heterocycles. The monoisotopic (exact) mass is 276 g/mol. The van der Waals surface area contributed by atoms with Gasteiger partial charge in [0.25, 0.3) is 0 Å². The number of hydrogen-bond donors (Lipinski definition) is 0. The van der Waals surface area contributed by atoms with Gasteiger partial charge < -0.3 is 4.74 Å². The molecule has 4 nitrogen and oxygen atoms in total. The Labute approximate surface area is 109 Å². The average Bonchev–Trinajstić information content (AvgIpc) is 3.00. The summed E-state index contributed by atoms with van der Waals surface area (Å²) < 4.78 is 11.0. The molecule has 0 unspecified atom stereocenters. The van der Waals surface area contributed by atoms with E-state index in [9.17, 15) is 4.79 Å². The molecule has 0 bridgehead atoms. The largest absolute Gasteiger partial charge is 0.464 e. The Balaban J connectivity index is 2.25. The van der Waals surface area contributed by atoms with Crippen molar-refractivity contribution < 1.29 is 9.53 Å². The number of rotatable bonds is 2. The van der Waals surface area contributed by atoms with E-state index < -0.39 is 0 Å². The van der Waals surface area contributed by atoms with Crippen LogP contribution in [0.4, 0.5) is 0 Å². The predicted octanol–water partition coefficient (Wildman–Crippen LogP) is 3.43. The van der Waals surface area contributed by atoms with E-state index in [0.717, 1.165) is 16.2 Å². The van der Waals surface area contributed by atoms with Crippen LogP contribution in [0.25, 0.3) is 16.2 Å². The van der Waals surface area contributed by atoms with Gasteiger partial charge in [0.2, 0.25) is 0 Å². The molecule has 0 fully saturated rings. The Morgan fingerprint density at radius 1 is 1.39 bits per heavy atom. The van der Waals surface area contributed by atoms with Crippen LogP contribution in [-0.2, 0) is 4.74 Å². The van der Waals surface area contributed by atoms with E-state index in [2.05, 4.69) is 4.75 Å². The second kappa shape index (κ2) is 4.52. The molecule has 0 radical (unpaired) electrons. The van der Waals surface area contributed by atoms with Gasteiger partial charge in [0.15, 0.2) is 10.4 Å². The van der Waals surface area contributed by atoms with Crippen LogP contribution in [0.15, 0.2) is 35.7 Å². The van der Waals surface area contributed by atoms with Gasteiger partial charge in [0.1, 0.15) is 0 Å². The molecule has 0 aliphatic carbocycles. The predicted molar refractivity (Wildman–Crippen MR) is 72.4 cm³/mol. The van der Waals surface area contributed by atoms with E-state index in [0.29, 0.717) is 13.8 Å². The number of carbonyl (C=O) groups is 1. The van der Waals surface area contributed by atoms with Crippen molar-refractivity contribution in [1.29, 1.82) is 0 Å². The zero-order chi connectivity index (χ0) is 12.5. The smallest absolute Gasteiger partial charge is 0.361 e. The molecule has 3 rings (SSSR count). The number of methoxy groups -OCH3 is 1. The molecule has 3 aromatic rings. The van der Waals surface area contributed by atoms with Crippen molar-refractivity contribution in [3.05, 3.63) is 41.1 Å². The summed E-state index contributed by atoms with van der Waals surface area (Å²) in [5, 5.41) is 2.01. The van der Waals surface area contributed by atoms with Crippen LogP contribution in [0.1, 0.15) is 10.2 Å². The minimum absolute atomic E-state index is 0.334. The molecule has 2 heterocycles. The number of carbonyl (C=O) groups excluding carboxylic acids is 1. The molecule has 6 heteroatoms. The van der Waals surface area contributed by atoms with Gasteiger partial charge in [0, 0.05) is 5.38 Å². The number of hydrogen-bond acceptors (Lipinski definition) is 4.